The van der Waals surface area contributed by atoms with Crippen molar-refractivity contribution in [3.63, 3.8) is 0 Å². The van der Waals surface area contributed by atoms with E-state index in [0.29, 0.717) is 18.2 Å². The number of amides is 1. The first-order chi connectivity index (χ1) is 8.25. The van der Waals surface area contributed by atoms with Crippen molar-refractivity contribution in [1.82, 2.24) is 15.6 Å². The molecule has 17 heavy (non-hydrogen) atoms. The van der Waals surface area contributed by atoms with Crippen LogP contribution in [0.4, 0.5) is 0 Å². The Morgan fingerprint density at radius 2 is 2.47 bits per heavy atom. The van der Waals surface area contributed by atoms with Crippen LogP contribution in [0, 0.1) is 0 Å². The number of carbonyl (C=O) groups is 1. The molecular weight excluding hydrogens is 282 g/mol. The van der Waals surface area contributed by atoms with E-state index in [1.165, 1.54) is 12.8 Å². The number of nitrogens with one attached hydrogen (secondary N) is 2. The highest BCUT2D eigenvalue weighted by Crippen LogP contribution is 2.10. The second kappa shape index (κ2) is 6.12. The van der Waals surface area contributed by atoms with Crippen LogP contribution in [-0.2, 0) is 0 Å². The van der Waals surface area contributed by atoms with Crippen molar-refractivity contribution in [2.45, 2.75) is 25.3 Å². The number of carbonyl (C=O) groups excluding carboxylic acids is 1. The Morgan fingerprint density at radius 3 is 3.18 bits per heavy atom. The maximum Gasteiger partial charge on any atom is 0.252 e. The Labute approximate surface area is 109 Å². The van der Waals surface area contributed by atoms with Crippen LogP contribution in [0.1, 0.15) is 29.6 Å². The molecule has 5 heteroatoms. The molecule has 0 aliphatic carbocycles. The van der Waals surface area contributed by atoms with Crippen LogP contribution in [-0.4, -0.2) is 30.0 Å². The van der Waals surface area contributed by atoms with Gasteiger partial charge in [0.2, 0.25) is 0 Å². The van der Waals surface area contributed by atoms with Crippen molar-refractivity contribution in [3.8, 4) is 0 Å². The largest absolute Gasteiger partial charge is 0.352 e. The zero-order chi connectivity index (χ0) is 12.1. The van der Waals surface area contributed by atoms with Crippen LogP contribution in [0.3, 0.4) is 0 Å². The Morgan fingerprint density at radius 1 is 1.59 bits per heavy atom. The zero-order valence-corrected chi connectivity index (χ0v) is 11.2. The summed E-state index contributed by atoms with van der Waals surface area (Å²) < 4.78 is 0.822. The molecular formula is C12H16BrN3O. The van der Waals surface area contributed by atoms with E-state index in [1.54, 1.807) is 18.5 Å². The van der Waals surface area contributed by atoms with Crippen LogP contribution in [0.2, 0.25) is 0 Å². The molecule has 2 heterocycles. The average Bonchev–Trinajstić information content (AvgIpc) is 2.82. The van der Waals surface area contributed by atoms with Crippen molar-refractivity contribution in [1.29, 1.82) is 0 Å². The number of hydrogen-bond donors (Lipinski definition) is 2. The van der Waals surface area contributed by atoms with Gasteiger partial charge in [0.15, 0.2) is 0 Å². The molecule has 0 spiro atoms. The van der Waals surface area contributed by atoms with Crippen LogP contribution < -0.4 is 10.6 Å². The van der Waals surface area contributed by atoms with Gasteiger partial charge in [0, 0.05) is 29.5 Å². The van der Waals surface area contributed by atoms with Crippen LogP contribution >= 0.6 is 15.9 Å². The Hall–Kier alpha value is -0.940. The van der Waals surface area contributed by atoms with E-state index in [0.717, 1.165) is 17.4 Å². The molecule has 1 atom stereocenters. The summed E-state index contributed by atoms with van der Waals surface area (Å²) in [7, 11) is 0. The molecule has 92 valence electrons. The lowest BCUT2D eigenvalue weighted by Crippen LogP contribution is -2.30. The summed E-state index contributed by atoms with van der Waals surface area (Å²) in [5.41, 5.74) is 0.596. The highest BCUT2D eigenvalue weighted by molar-refractivity contribution is 9.10. The van der Waals surface area contributed by atoms with Gasteiger partial charge in [-0.1, -0.05) is 0 Å². The summed E-state index contributed by atoms with van der Waals surface area (Å²) in [5, 5.41) is 6.32. The van der Waals surface area contributed by atoms with Gasteiger partial charge in [-0.05, 0) is 47.8 Å². The molecule has 1 aliphatic rings. The molecule has 4 nitrogen and oxygen atoms in total. The lowest BCUT2D eigenvalue weighted by Gasteiger charge is -2.10. The fourth-order valence-corrected chi connectivity index (χ4v) is 2.37. The molecule has 1 amide bonds. The summed E-state index contributed by atoms with van der Waals surface area (Å²) in [6.07, 6.45) is 6.70. The van der Waals surface area contributed by atoms with Gasteiger partial charge in [-0.15, -0.1) is 0 Å². The SMILES string of the molecule is O=C(NCCC1CCCN1)c1cncc(Br)c1. The van der Waals surface area contributed by atoms with Gasteiger partial charge in [-0.2, -0.15) is 0 Å². The van der Waals surface area contributed by atoms with Gasteiger partial charge in [0.1, 0.15) is 0 Å². The summed E-state index contributed by atoms with van der Waals surface area (Å²) in [6, 6.07) is 2.34. The number of hydrogen-bond acceptors (Lipinski definition) is 3. The number of aromatic nitrogens is 1. The van der Waals surface area contributed by atoms with E-state index >= 15 is 0 Å². The summed E-state index contributed by atoms with van der Waals surface area (Å²) in [4.78, 5) is 15.7. The van der Waals surface area contributed by atoms with E-state index in [2.05, 4.69) is 31.5 Å². The first-order valence-corrected chi connectivity index (χ1v) is 6.67. The number of rotatable bonds is 4. The normalized spacial score (nSPS) is 19.2. The molecule has 0 radical (unpaired) electrons. The summed E-state index contributed by atoms with van der Waals surface area (Å²) in [5.74, 6) is -0.0585. The van der Waals surface area contributed by atoms with Gasteiger partial charge < -0.3 is 10.6 Å². The fraction of sp³-hybridized carbons (Fsp3) is 0.500. The van der Waals surface area contributed by atoms with E-state index in [4.69, 9.17) is 0 Å². The Kier molecular flexibility index (Phi) is 4.50. The number of halogens is 1. The lowest BCUT2D eigenvalue weighted by molar-refractivity contribution is 0.0952. The maximum atomic E-state index is 11.8. The predicted molar refractivity (Wildman–Crippen MR) is 69.9 cm³/mol. The minimum Gasteiger partial charge on any atom is -0.352 e. The first kappa shape index (κ1) is 12.5. The molecule has 1 aromatic rings. The smallest absolute Gasteiger partial charge is 0.252 e. The number of nitrogens with zero attached hydrogens (tertiary/aromatic N) is 1. The van der Waals surface area contributed by atoms with Gasteiger partial charge >= 0.3 is 0 Å². The van der Waals surface area contributed by atoms with Gasteiger partial charge in [0.05, 0.1) is 5.56 Å². The quantitative estimate of drug-likeness (QED) is 0.890. The topological polar surface area (TPSA) is 54.0 Å². The second-order valence-electron chi connectivity index (χ2n) is 4.23. The van der Waals surface area contributed by atoms with Gasteiger partial charge in [0.25, 0.3) is 5.91 Å². The van der Waals surface area contributed by atoms with E-state index in [-0.39, 0.29) is 5.91 Å². The third kappa shape index (κ3) is 3.78. The average molecular weight is 298 g/mol. The van der Waals surface area contributed by atoms with Crippen LogP contribution in [0.25, 0.3) is 0 Å². The Balaban J connectivity index is 1.77. The second-order valence-corrected chi connectivity index (χ2v) is 5.15. The zero-order valence-electron chi connectivity index (χ0n) is 9.58. The van der Waals surface area contributed by atoms with E-state index in [9.17, 15) is 4.79 Å². The van der Waals surface area contributed by atoms with Crippen molar-refractivity contribution < 1.29 is 4.79 Å². The highest BCUT2D eigenvalue weighted by atomic mass is 79.9. The standard InChI is InChI=1S/C12H16BrN3O/c13-10-6-9(7-14-8-10)12(17)16-5-3-11-2-1-4-15-11/h6-8,11,15H,1-5H2,(H,16,17). The minimum absolute atomic E-state index is 0.0585. The monoisotopic (exact) mass is 297 g/mol. The molecule has 0 saturated carbocycles. The molecule has 1 fully saturated rings. The van der Waals surface area contributed by atoms with Crippen molar-refractivity contribution in [2.75, 3.05) is 13.1 Å². The molecule has 1 aliphatic heterocycles. The first-order valence-electron chi connectivity index (χ1n) is 5.88. The van der Waals surface area contributed by atoms with E-state index in [1.807, 2.05) is 0 Å². The molecule has 0 aromatic carbocycles. The van der Waals surface area contributed by atoms with Gasteiger partial charge in [-0.3, -0.25) is 9.78 Å². The summed E-state index contributed by atoms with van der Waals surface area (Å²) in [6.45, 7) is 1.82. The summed E-state index contributed by atoms with van der Waals surface area (Å²) >= 11 is 3.30. The molecule has 2 N–H and O–H groups in total. The molecule has 1 unspecified atom stereocenters. The lowest BCUT2D eigenvalue weighted by atomic mass is 10.1. The van der Waals surface area contributed by atoms with E-state index < -0.39 is 0 Å². The van der Waals surface area contributed by atoms with Gasteiger partial charge in [-0.25, -0.2) is 0 Å². The predicted octanol–water partition coefficient (Wildman–Crippen LogP) is 1.72. The third-order valence-electron chi connectivity index (χ3n) is 2.91. The minimum atomic E-state index is -0.0585. The van der Waals surface area contributed by atoms with Crippen LogP contribution in [0.15, 0.2) is 22.9 Å². The third-order valence-corrected chi connectivity index (χ3v) is 3.34. The molecule has 0 bridgehead atoms. The number of pyridine rings is 1. The molecule has 1 saturated heterocycles. The highest BCUT2D eigenvalue weighted by Gasteiger charge is 2.14. The molecule has 1 aromatic heterocycles. The van der Waals surface area contributed by atoms with Crippen molar-refractivity contribution in [3.05, 3.63) is 28.5 Å². The maximum absolute atomic E-state index is 11.8. The Bertz CT molecular complexity index is 391. The van der Waals surface area contributed by atoms with Crippen LogP contribution in [0.5, 0.6) is 0 Å². The van der Waals surface area contributed by atoms with Crippen molar-refractivity contribution in [2.24, 2.45) is 0 Å². The van der Waals surface area contributed by atoms with Crippen molar-refractivity contribution >= 4 is 21.8 Å². The molecule has 2 rings (SSSR count). The fourth-order valence-electron chi connectivity index (χ4n) is 2.00.